The SMILES string of the molecule is CCOC(=O)c1csc(N)c1-c1ccco1. The Morgan fingerprint density at radius 3 is 3.06 bits per heavy atom. The zero-order chi connectivity index (χ0) is 11.5. The van der Waals surface area contributed by atoms with Crippen LogP contribution in [0.15, 0.2) is 28.2 Å². The topological polar surface area (TPSA) is 65.5 Å². The molecule has 0 aliphatic heterocycles. The Kier molecular flexibility index (Phi) is 2.96. The zero-order valence-corrected chi connectivity index (χ0v) is 9.54. The fourth-order valence-electron chi connectivity index (χ4n) is 1.41. The molecule has 2 heterocycles. The first-order valence-electron chi connectivity index (χ1n) is 4.82. The molecule has 2 N–H and O–H groups in total. The van der Waals surface area contributed by atoms with Crippen molar-refractivity contribution in [3.8, 4) is 11.3 Å². The molecule has 0 amide bonds. The standard InChI is InChI=1S/C11H11NO3S/c1-2-14-11(13)7-6-16-10(12)9(7)8-4-3-5-15-8/h3-6H,2,12H2,1H3. The number of thiophene rings is 1. The minimum absolute atomic E-state index is 0.339. The Labute approximate surface area is 96.6 Å². The van der Waals surface area contributed by atoms with Gasteiger partial charge < -0.3 is 14.9 Å². The van der Waals surface area contributed by atoms with Crippen LogP contribution in [0.5, 0.6) is 0 Å². The van der Waals surface area contributed by atoms with Crippen molar-refractivity contribution in [2.24, 2.45) is 0 Å². The van der Waals surface area contributed by atoms with Crippen molar-refractivity contribution >= 4 is 22.3 Å². The number of carbonyl (C=O) groups is 1. The summed E-state index contributed by atoms with van der Waals surface area (Å²) in [7, 11) is 0. The molecular weight excluding hydrogens is 226 g/mol. The average molecular weight is 237 g/mol. The Morgan fingerprint density at radius 2 is 2.44 bits per heavy atom. The summed E-state index contributed by atoms with van der Waals surface area (Å²) >= 11 is 1.30. The lowest BCUT2D eigenvalue weighted by molar-refractivity contribution is 0.0527. The molecule has 0 bridgehead atoms. The fourth-order valence-corrected chi connectivity index (χ4v) is 2.19. The van der Waals surface area contributed by atoms with E-state index in [2.05, 4.69) is 0 Å². The Balaban J connectivity index is 2.44. The van der Waals surface area contributed by atoms with E-state index >= 15 is 0 Å². The second-order valence-corrected chi connectivity index (χ2v) is 4.00. The molecule has 4 nitrogen and oxygen atoms in total. The van der Waals surface area contributed by atoms with Crippen LogP contribution < -0.4 is 5.73 Å². The second kappa shape index (κ2) is 4.40. The van der Waals surface area contributed by atoms with Crippen molar-refractivity contribution in [1.82, 2.24) is 0 Å². The van der Waals surface area contributed by atoms with E-state index in [0.717, 1.165) is 0 Å². The molecule has 5 heteroatoms. The number of rotatable bonds is 3. The molecule has 16 heavy (non-hydrogen) atoms. The maximum absolute atomic E-state index is 11.7. The van der Waals surface area contributed by atoms with Gasteiger partial charge in [-0.25, -0.2) is 4.79 Å². The van der Waals surface area contributed by atoms with Crippen LogP contribution in [-0.4, -0.2) is 12.6 Å². The Morgan fingerprint density at radius 1 is 1.62 bits per heavy atom. The van der Waals surface area contributed by atoms with Gasteiger partial charge in [0.1, 0.15) is 5.76 Å². The highest BCUT2D eigenvalue weighted by Crippen LogP contribution is 2.35. The third-order valence-electron chi connectivity index (χ3n) is 2.08. The monoisotopic (exact) mass is 237 g/mol. The highest BCUT2D eigenvalue weighted by Gasteiger charge is 2.20. The summed E-state index contributed by atoms with van der Waals surface area (Å²) in [5.74, 6) is 0.212. The third kappa shape index (κ3) is 1.81. The van der Waals surface area contributed by atoms with Crippen LogP contribution in [0.3, 0.4) is 0 Å². The van der Waals surface area contributed by atoms with E-state index in [1.54, 1.807) is 30.7 Å². The molecule has 0 aromatic carbocycles. The van der Waals surface area contributed by atoms with E-state index in [1.165, 1.54) is 11.3 Å². The van der Waals surface area contributed by atoms with Gasteiger partial charge in [0.25, 0.3) is 0 Å². The number of furan rings is 1. The Hall–Kier alpha value is -1.75. The van der Waals surface area contributed by atoms with Crippen LogP contribution in [0.25, 0.3) is 11.3 Å². The lowest BCUT2D eigenvalue weighted by Gasteiger charge is -2.02. The van der Waals surface area contributed by atoms with Gasteiger partial charge in [0.2, 0.25) is 0 Å². The average Bonchev–Trinajstić information content (AvgIpc) is 2.86. The van der Waals surface area contributed by atoms with Gasteiger partial charge in [-0.2, -0.15) is 0 Å². The lowest BCUT2D eigenvalue weighted by atomic mass is 10.1. The molecule has 0 saturated carbocycles. The molecule has 0 fully saturated rings. The number of nitrogen functional groups attached to an aromatic ring is 1. The molecule has 0 spiro atoms. The summed E-state index contributed by atoms with van der Waals surface area (Å²) in [6.07, 6.45) is 1.54. The number of hydrogen-bond acceptors (Lipinski definition) is 5. The van der Waals surface area contributed by atoms with Gasteiger partial charge >= 0.3 is 5.97 Å². The number of esters is 1. The van der Waals surface area contributed by atoms with Gasteiger partial charge in [-0.15, -0.1) is 11.3 Å². The lowest BCUT2D eigenvalue weighted by Crippen LogP contribution is -2.04. The van der Waals surface area contributed by atoms with E-state index in [0.29, 0.717) is 28.5 Å². The molecule has 0 atom stereocenters. The van der Waals surface area contributed by atoms with Crippen LogP contribution >= 0.6 is 11.3 Å². The van der Waals surface area contributed by atoms with E-state index in [1.807, 2.05) is 0 Å². The van der Waals surface area contributed by atoms with Crippen LogP contribution in [0.2, 0.25) is 0 Å². The van der Waals surface area contributed by atoms with E-state index in [-0.39, 0.29) is 5.97 Å². The molecule has 2 rings (SSSR count). The summed E-state index contributed by atoms with van der Waals surface area (Å²) in [5, 5.41) is 2.24. The van der Waals surface area contributed by atoms with Gasteiger partial charge in [-0.05, 0) is 19.1 Å². The van der Waals surface area contributed by atoms with Crippen LogP contribution in [0.4, 0.5) is 5.00 Å². The van der Waals surface area contributed by atoms with Gasteiger partial charge in [-0.1, -0.05) is 0 Å². The smallest absolute Gasteiger partial charge is 0.339 e. The minimum atomic E-state index is -0.373. The highest BCUT2D eigenvalue weighted by molar-refractivity contribution is 7.15. The normalized spacial score (nSPS) is 10.3. The predicted molar refractivity (Wildman–Crippen MR) is 62.4 cm³/mol. The van der Waals surface area contributed by atoms with Gasteiger partial charge in [0, 0.05) is 5.38 Å². The summed E-state index contributed by atoms with van der Waals surface area (Å²) in [5.41, 5.74) is 6.89. The molecular formula is C11H11NO3S. The molecule has 0 radical (unpaired) electrons. The summed E-state index contributed by atoms with van der Waals surface area (Å²) in [4.78, 5) is 11.7. The number of hydrogen-bond donors (Lipinski definition) is 1. The van der Waals surface area contributed by atoms with Crippen LogP contribution in [0, 0.1) is 0 Å². The van der Waals surface area contributed by atoms with Crippen LogP contribution in [-0.2, 0) is 4.74 Å². The van der Waals surface area contributed by atoms with Crippen molar-refractivity contribution in [3.05, 3.63) is 29.3 Å². The zero-order valence-electron chi connectivity index (χ0n) is 8.73. The first-order chi connectivity index (χ1) is 7.74. The quantitative estimate of drug-likeness (QED) is 0.833. The summed E-state index contributed by atoms with van der Waals surface area (Å²) in [6.45, 7) is 2.10. The minimum Gasteiger partial charge on any atom is -0.464 e. The van der Waals surface area contributed by atoms with Crippen molar-refractivity contribution in [1.29, 1.82) is 0 Å². The molecule has 0 saturated heterocycles. The largest absolute Gasteiger partial charge is 0.464 e. The number of carbonyl (C=O) groups excluding carboxylic acids is 1. The van der Waals surface area contributed by atoms with Gasteiger partial charge in [0.05, 0.1) is 29.0 Å². The van der Waals surface area contributed by atoms with Crippen molar-refractivity contribution in [3.63, 3.8) is 0 Å². The van der Waals surface area contributed by atoms with Gasteiger partial charge in [0.15, 0.2) is 0 Å². The molecule has 2 aromatic heterocycles. The molecule has 0 aliphatic carbocycles. The first-order valence-corrected chi connectivity index (χ1v) is 5.70. The van der Waals surface area contributed by atoms with E-state index in [9.17, 15) is 4.79 Å². The number of nitrogens with two attached hydrogens (primary N) is 1. The fraction of sp³-hybridized carbons (Fsp3) is 0.182. The third-order valence-corrected chi connectivity index (χ3v) is 2.89. The Bertz CT molecular complexity index is 487. The van der Waals surface area contributed by atoms with Crippen molar-refractivity contribution in [2.45, 2.75) is 6.92 Å². The summed E-state index contributed by atoms with van der Waals surface area (Å²) < 4.78 is 10.2. The van der Waals surface area contributed by atoms with Crippen LogP contribution in [0.1, 0.15) is 17.3 Å². The highest BCUT2D eigenvalue weighted by atomic mass is 32.1. The predicted octanol–water partition coefficient (Wildman–Crippen LogP) is 2.77. The molecule has 0 aliphatic rings. The van der Waals surface area contributed by atoms with E-state index in [4.69, 9.17) is 14.9 Å². The molecule has 0 unspecified atom stereocenters. The number of anilines is 1. The molecule has 84 valence electrons. The number of ether oxygens (including phenoxy) is 1. The molecule has 2 aromatic rings. The maximum atomic E-state index is 11.7. The maximum Gasteiger partial charge on any atom is 0.339 e. The van der Waals surface area contributed by atoms with E-state index < -0.39 is 0 Å². The van der Waals surface area contributed by atoms with Gasteiger partial charge in [-0.3, -0.25) is 0 Å². The van der Waals surface area contributed by atoms with Crippen molar-refractivity contribution < 1.29 is 13.9 Å². The second-order valence-electron chi connectivity index (χ2n) is 3.09. The van der Waals surface area contributed by atoms with Crippen molar-refractivity contribution in [2.75, 3.05) is 12.3 Å². The summed E-state index contributed by atoms with van der Waals surface area (Å²) in [6, 6.07) is 3.52. The first kappa shape index (κ1) is 10.8.